The molecule has 0 fully saturated rings. The van der Waals surface area contributed by atoms with Crippen molar-refractivity contribution in [3.05, 3.63) is 88.9 Å². The smallest absolute Gasteiger partial charge is 0.336 e. The molecule has 0 aromatic heterocycles. The van der Waals surface area contributed by atoms with Gasteiger partial charge in [0, 0.05) is 17.6 Å². The zero-order valence-electron chi connectivity index (χ0n) is 13.0. The van der Waals surface area contributed by atoms with Crippen LogP contribution < -0.4 is 0 Å². The Morgan fingerprint density at radius 2 is 1.92 bits per heavy atom. The molecule has 0 saturated heterocycles. The van der Waals surface area contributed by atoms with Crippen molar-refractivity contribution in [1.82, 2.24) is 0 Å². The molecule has 4 rings (SSSR count). The van der Waals surface area contributed by atoms with Gasteiger partial charge in [-0.25, -0.2) is 4.79 Å². The van der Waals surface area contributed by atoms with Gasteiger partial charge in [0.1, 0.15) is 17.6 Å². The number of rotatable bonds is 2. The van der Waals surface area contributed by atoms with E-state index in [9.17, 15) is 19.8 Å². The van der Waals surface area contributed by atoms with Crippen molar-refractivity contribution in [1.29, 1.82) is 0 Å². The fraction of sp³-hybridized carbons (Fsp3) is 0.100. The average molecular weight is 334 g/mol. The lowest BCUT2D eigenvalue weighted by Gasteiger charge is -2.36. The molecule has 124 valence electrons. The van der Waals surface area contributed by atoms with Gasteiger partial charge in [0.25, 0.3) is 0 Å². The second-order valence-corrected chi connectivity index (χ2v) is 5.98. The van der Waals surface area contributed by atoms with Gasteiger partial charge < -0.3 is 14.9 Å². The Balaban J connectivity index is 1.98. The minimum absolute atomic E-state index is 0.0776. The van der Waals surface area contributed by atoms with Crippen LogP contribution in [0.15, 0.2) is 77.8 Å². The van der Waals surface area contributed by atoms with Crippen LogP contribution in [0.1, 0.15) is 15.9 Å². The monoisotopic (exact) mass is 334 g/mol. The summed E-state index contributed by atoms with van der Waals surface area (Å²) in [6, 6.07) is 6.76. The molecule has 1 aliphatic heterocycles. The number of carbonyl (C=O) groups is 2. The maximum Gasteiger partial charge on any atom is 0.336 e. The first-order valence-electron chi connectivity index (χ1n) is 7.81. The second-order valence-electron chi connectivity index (χ2n) is 5.98. The van der Waals surface area contributed by atoms with Crippen LogP contribution in [0.25, 0.3) is 5.57 Å². The lowest BCUT2D eigenvalue weighted by Crippen LogP contribution is -2.31. The SMILES string of the molecule is O=C1C=CC2=C(c3ccccc3C(=O)O)C3C=CC(O)=CC3OC2=C1. The van der Waals surface area contributed by atoms with Gasteiger partial charge in [-0.1, -0.05) is 24.3 Å². The van der Waals surface area contributed by atoms with Crippen LogP contribution in [0, 0.1) is 5.92 Å². The van der Waals surface area contributed by atoms with Crippen LogP contribution in [0.4, 0.5) is 0 Å². The third-order valence-electron chi connectivity index (χ3n) is 4.45. The highest BCUT2D eigenvalue weighted by Gasteiger charge is 2.37. The summed E-state index contributed by atoms with van der Waals surface area (Å²) >= 11 is 0. The van der Waals surface area contributed by atoms with E-state index in [0.717, 1.165) is 5.57 Å². The van der Waals surface area contributed by atoms with E-state index in [-0.39, 0.29) is 23.0 Å². The van der Waals surface area contributed by atoms with Crippen molar-refractivity contribution < 1.29 is 24.5 Å². The predicted molar refractivity (Wildman–Crippen MR) is 90.8 cm³/mol. The van der Waals surface area contributed by atoms with Gasteiger partial charge >= 0.3 is 5.97 Å². The summed E-state index contributed by atoms with van der Waals surface area (Å²) in [6.45, 7) is 0. The predicted octanol–water partition coefficient (Wildman–Crippen LogP) is 3.19. The van der Waals surface area contributed by atoms with E-state index in [4.69, 9.17) is 4.74 Å². The van der Waals surface area contributed by atoms with Crippen molar-refractivity contribution in [2.45, 2.75) is 6.10 Å². The molecule has 0 saturated carbocycles. The molecule has 0 bridgehead atoms. The highest BCUT2D eigenvalue weighted by Crippen LogP contribution is 2.44. The summed E-state index contributed by atoms with van der Waals surface area (Å²) in [4.78, 5) is 23.4. The number of hydrogen-bond acceptors (Lipinski definition) is 4. The van der Waals surface area contributed by atoms with Gasteiger partial charge in [-0.2, -0.15) is 0 Å². The quantitative estimate of drug-likeness (QED) is 0.868. The largest absolute Gasteiger partial charge is 0.508 e. The number of carbonyl (C=O) groups excluding carboxylic acids is 1. The van der Waals surface area contributed by atoms with Crippen molar-refractivity contribution in [2.24, 2.45) is 5.92 Å². The molecule has 2 aliphatic carbocycles. The maximum absolute atomic E-state index is 11.7. The Bertz CT molecular complexity index is 943. The Morgan fingerprint density at radius 1 is 1.12 bits per heavy atom. The number of aliphatic hydroxyl groups is 1. The molecule has 2 unspecified atom stereocenters. The van der Waals surface area contributed by atoms with Crippen molar-refractivity contribution in [3.8, 4) is 0 Å². The number of carboxylic acid groups (broad SMARTS) is 1. The van der Waals surface area contributed by atoms with Crippen LogP contribution in [-0.4, -0.2) is 28.1 Å². The van der Waals surface area contributed by atoms with E-state index in [1.54, 1.807) is 48.6 Å². The lowest BCUT2D eigenvalue weighted by molar-refractivity contribution is -0.110. The number of ketones is 1. The Kier molecular flexibility index (Phi) is 3.42. The summed E-state index contributed by atoms with van der Waals surface area (Å²) in [5, 5.41) is 19.3. The molecular weight excluding hydrogens is 320 g/mol. The molecular formula is C20H14O5. The summed E-state index contributed by atoms with van der Waals surface area (Å²) in [5.74, 6) is -1.01. The van der Waals surface area contributed by atoms with Crippen LogP contribution in [-0.2, 0) is 9.53 Å². The van der Waals surface area contributed by atoms with Crippen LogP contribution in [0.3, 0.4) is 0 Å². The Hall–Kier alpha value is -3.34. The number of fused-ring (bicyclic) bond motifs is 2. The van der Waals surface area contributed by atoms with E-state index < -0.39 is 12.1 Å². The zero-order valence-corrected chi connectivity index (χ0v) is 13.0. The van der Waals surface area contributed by atoms with Gasteiger partial charge in [-0.3, -0.25) is 4.79 Å². The number of carboxylic acids is 1. The molecule has 3 aliphatic rings. The molecule has 25 heavy (non-hydrogen) atoms. The van der Waals surface area contributed by atoms with Crippen LogP contribution in [0.5, 0.6) is 0 Å². The van der Waals surface area contributed by atoms with Crippen LogP contribution in [0.2, 0.25) is 0 Å². The average Bonchev–Trinajstić information content (AvgIpc) is 2.59. The van der Waals surface area contributed by atoms with E-state index in [2.05, 4.69) is 0 Å². The van der Waals surface area contributed by atoms with Crippen molar-refractivity contribution in [3.63, 3.8) is 0 Å². The normalized spacial score (nSPS) is 24.1. The first-order valence-corrected chi connectivity index (χ1v) is 7.81. The number of aliphatic hydroxyl groups excluding tert-OH is 1. The molecule has 2 atom stereocenters. The Morgan fingerprint density at radius 3 is 2.72 bits per heavy atom. The van der Waals surface area contributed by atoms with E-state index >= 15 is 0 Å². The molecule has 5 heteroatoms. The maximum atomic E-state index is 11.7. The second kappa shape index (κ2) is 5.63. The van der Waals surface area contributed by atoms with E-state index in [0.29, 0.717) is 16.9 Å². The molecule has 1 aromatic rings. The number of hydrogen-bond donors (Lipinski definition) is 2. The fourth-order valence-corrected chi connectivity index (χ4v) is 3.39. The van der Waals surface area contributed by atoms with Crippen LogP contribution >= 0.6 is 0 Å². The first kappa shape index (κ1) is 15.2. The zero-order chi connectivity index (χ0) is 17.6. The van der Waals surface area contributed by atoms with Crippen molar-refractivity contribution in [2.75, 3.05) is 0 Å². The Labute approximate surface area is 143 Å². The number of aromatic carboxylic acids is 1. The molecule has 2 N–H and O–H groups in total. The van der Waals surface area contributed by atoms with Gasteiger partial charge in [0.15, 0.2) is 5.78 Å². The summed E-state index contributed by atoms with van der Waals surface area (Å²) < 4.78 is 5.88. The number of benzene rings is 1. The fourth-order valence-electron chi connectivity index (χ4n) is 3.39. The molecule has 0 spiro atoms. The van der Waals surface area contributed by atoms with Gasteiger partial charge in [-0.15, -0.1) is 0 Å². The molecule has 1 heterocycles. The summed E-state index contributed by atoms with van der Waals surface area (Å²) in [5.41, 5.74) is 2.22. The molecule has 0 amide bonds. The van der Waals surface area contributed by atoms with Gasteiger partial charge in [0.05, 0.1) is 5.56 Å². The third-order valence-corrected chi connectivity index (χ3v) is 4.45. The van der Waals surface area contributed by atoms with Gasteiger partial charge in [-0.05, 0) is 41.5 Å². The molecule has 1 aromatic carbocycles. The summed E-state index contributed by atoms with van der Waals surface area (Å²) in [6.07, 6.45) is 8.91. The number of ether oxygens (including phenoxy) is 1. The lowest BCUT2D eigenvalue weighted by atomic mass is 9.77. The highest BCUT2D eigenvalue weighted by atomic mass is 16.5. The highest BCUT2D eigenvalue weighted by molar-refractivity contribution is 6.04. The minimum Gasteiger partial charge on any atom is -0.508 e. The first-order chi connectivity index (χ1) is 12.0. The topological polar surface area (TPSA) is 83.8 Å². The van der Waals surface area contributed by atoms with E-state index in [1.807, 2.05) is 0 Å². The molecule has 5 nitrogen and oxygen atoms in total. The van der Waals surface area contributed by atoms with E-state index in [1.165, 1.54) is 12.2 Å². The molecule has 0 radical (unpaired) electrons. The van der Waals surface area contributed by atoms with Crippen molar-refractivity contribution >= 4 is 17.3 Å². The summed E-state index contributed by atoms with van der Waals surface area (Å²) in [7, 11) is 0. The minimum atomic E-state index is -1.02. The van der Waals surface area contributed by atoms with Gasteiger partial charge in [0.2, 0.25) is 0 Å². The third kappa shape index (κ3) is 2.50. The number of allylic oxidation sites excluding steroid dienone is 4. The standard InChI is InChI=1S/C20H14O5/c21-11-5-7-15-17(9-11)25-18-10-12(22)6-8-16(18)19(15)13-3-1-2-4-14(13)20(23)24/h1-10,15,17,21H,(H,23,24).